The molecule has 0 spiro atoms. The number of carbonyl (C=O) groups is 2. The summed E-state index contributed by atoms with van der Waals surface area (Å²) < 4.78 is 10.7. The monoisotopic (exact) mass is 369 g/mol. The van der Waals surface area contributed by atoms with Crippen LogP contribution in [0, 0.1) is 5.41 Å². The molecule has 2 aliphatic heterocycles. The Balaban J connectivity index is 1.89. The van der Waals surface area contributed by atoms with E-state index >= 15 is 0 Å². The molecule has 0 saturated carbocycles. The lowest BCUT2D eigenvalue weighted by atomic mass is 9.79. The van der Waals surface area contributed by atoms with Crippen molar-refractivity contribution in [3.63, 3.8) is 0 Å². The van der Waals surface area contributed by atoms with Gasteiger partial charge < -0.3 is 30.7 Å². The second-order valence-electron chi connectivity index (χ2n) is 7.89. The zero-order valence-electron chi connectivity index (χ0n) is 16.0. The van der Waals surface area contributed by atoms with Crippen molar-refractivity contribution in [1.82, 2.24) is 9.80 Å². The third-order valence-electron chi connectivity index (χ3n) is 4.77. The van der Waals surface area contributed by atoms with Gasteiger partial charge in [0.05, 0.1) is 12.0 Å². The smallest absolute Gasteiger partial charge is 0.410 e. The van der Waals surface area contributed by atoms with Crippen LogP contribution in [0.1, 0.15) is 33.6 Å². The summed E-state index contributed by atoms with van der Waals surface area (Å²) >= 11 is 0. The molecule has 0 radical (unpaired) electrons. The van der Waals surface area contributed by atoms with Crippen molar-refractivity contribution < 1.29 is 19.1 Å². The Morgan fingerprint density at radius 1 is 1.08 bits per heavy atom. The van der Waals surface area contributed by atoms with Gasteiger partial charge in [-0.05, 0) is 33.6 Å². The third-order valence-corrected chi connectivity index (χ3v) is 4.77. The van der Waals surface area contributed by atoms with Gasteiger partial charge in [0.25, 0.3) is 0 Å². The molecule has 2 aliphatic rings. The number of amides is 2. The average molecular weight is 369 g/mol. The summed E-state index contributed by atoms with van der Waals surface area (Å²) in [7, 11) is 0. The van der Waals surface area contributed by atoms with E-state index in [0.717, 1.165) is 0 Å². The van der Waals surface area contributed by atoms with E-state index in [4.69, 9.17) is 20.9 Å². The average Bonchev–Trinajstić information content (AvgIpc) is 2.59. The fourth-order valence-corrected chi connectivity index (χ4v) is 3.02. The van der Waals surface area contributed by atoms with Crippen LogP contribution in [0.15, 0.2) is 4.99 Å². The predicted molar refractivity (Wildman–Crippen MR) is 97.5 cm³/mol. The predicted octanol–water partition coefficient (Wildman–Crippen LogP) is 0.136. The summed E-state index contributed by atoms with van der Waals surface area (Å²) in [5.41, 5.74) is 10.5. The van der Waals surface area contributed by atoms with E-state index in [1.165, 1.54) is 0 Å². The minimum absolute atomic E-state index is 0.268. The first-order chi connectivity index (χ1) is 12.1. The van der Waals surface area contributed by atoms with Gasteiger partial charge in [0.1, 0.15) is 5.60 Å². The topological polar surface area (TPSA) is 123 Å². The number of nitrogens with two attached hydrogens (primary N) is 2. The molecule has 4 N–H and O–H groups in total. The maximum Gasteiger partial charge on any atom is 0.410 e. The maximum absolute atomic E-state index is 12.1. The first-order valence-electron chi connectivity index (χ1n) is 9.03. The van der Waals surface area contributed by atoms with E-state index in [1.807, 2.05) is 25.7 Å². The largest absolute Gasteiger partial charge is 0.444 e. The summed E-state index contributed by atoms with van der Waals surface area (Å²) in [6.07, 6.45) is 0.805. The first kappa shape index (κ1) is 20.3. The highest BCUT2D eigenvalue weighted by Gasteiger charge is 2.38. The lowest BCUT2D eigenvalue weighted by Gasteiger charge is -2.37. The van der Waals surface area contributed by atoms with Crippen molar-refractivity contribution in [2.45, 2.75) is 39.2 Å². The minimum atomic E-state index is -0.679. The Labute approximate surface area is 154 Å². The number of aliphatic imine (C=N–C) groups is 1. The number of guanidine groups is 1. The second kappa shape index (κ2) is 8.11. The van der Waals surface area contributed by atoms with Crippen LogP contribution in [0.4, 0.5) is 4.79 Å². The molecule has 2 amide bonds. The van der Waals surface area contributed by atoms with Gasteiger partial charge >= 0.3 is 6.09 Å². The van der Waals surface area contributed by atoms with E-state index in [9.17, 15) is 9.59 Å². The molecule has 0 unspecified atom stereocenters. The molecule has 0 aromatic carbocycles. The zero-order valence-corrected chi connectivity index (χ0v) is 16.0. The molecular weight excluding hydrogens is 338 g/mol. The lowest BCUT2D eigenvalue weighted by Crippen LogP contribution is -2.53. The van der Waals surface area contributed by atoms with E-state index in [1.54, 1.807) is 4.90 Å². The van der Waals surface area contributed by atoms with E-state index in [0.29, 0.717) is 58.2 Å². The van der Waals surface area contributed by atoms with Crippen LogP contribution in [0.2, 0.25) is 0 Å². The summed E-state index contributed by atoms with van der Waals surface area (Å²) in [5, 5.41) is 0. The van der Waals surface area contributed by atoms with Crippen molar-refractivity contribution in [2.75, 3.05) is 45.9 Å². The van der Waals surface area contributed by atoms with Crippen molar-refractivity contribution in [2.24, 2.45) is 21.9 Å². The Morgan fingerprint density at radius 2 is 1.62 bits per heavy atom. The summed E-state index contributed by atoms with van der Waals surface area (Å²) in [4.78, 5) is 32.0. The molecule has 0 atom stereocenters. The molecule has 2 saturated heterocycles. The number of hydrogen-bond donors (Lipinski definition) is 2. The highest BCUT2D eigenvalue weighted by atomic mass is 16.6. The molecule has 0 aromatic heterocycles. The zero-order chi connectivity index (χ0) is 19.4. The Bertz CT molecular complexity index is 544. The number of primary amides is 1. The van der Waals surface area contributed by atoms with E-state index < -0.39 is 11.0 Å². The number of carbonyl (C=O) groups excluding carboxylic acids is 2. The van der Waals surface area contributed by atoms with Crippen LogP contribution in [0.5, 0.6) is 0 Å². The van der Waals surface area contributed by atoms with Gasteiger partial charge in [0.2, 0.25) is 5.91 Å². The van der Waals surface area contributed by atoms with Crippen LogP contribution in [-0.2, 0) is 14.3 Å². The maximum atomic E-state index is 12.1. The molecule has 2 fully saturated rings. The standard InChI is InChI=1S/C17H31N5O4/c1-16(2,3)26-15(24)22-8-6-21(7-9-22)14(19)20-12-17(13(18)23)4-10-25-11-5-17/h4-12H2,1-3H3,(H2,18,23)(H2,19,20). The molecule has 26 heavy (non-hydrogen) atoms. The van der Waals surface area contributed by atoms with Crippen molar-refractivity contribution in [3.8, 4) is 0 Å². The van der Waals surface area contributed by atoms with Crippen molar-refractivity contribution in [3.05, 3.63) is 0 Å². The lowest BCUT2D eigenvalue weighted by molar-refractivity contribution is -0.132. The molecule has 0 aliphatic carbocycles. The fourth-order valence-electron chi connectivity index (χ4n) is 3.02. The van der Waals surface area contributed by atoms with Crippen LogP contribution < -0.4 is 11.5 Å². The molecule has 148 valence electrons. The van der Waals surface area contributed by atoms with Gasteiger partial charge in [-0.15, -0.1) is 0 Å². The van der Waals surface area contributed by atoms with Crippen LogP contribution >= 0.6 is 0 Å². The highest BCUT2D eigenvalue weighted by Crippen LogP contribution is 2.30. The molecule has 0 aromatic rings. The molecule has 2 rings (SSSR count). The van der Waals surface area contributed by atoms with Gasteiger partial charge in [-0.3, -0.25) is 9.79 Å². The van der Waals surface area contributed by atoms with Gasteiger partial charge in [0, 0.05) is 39.4 Å². The van der Waals surface area contributed by atoms with Gasteiger partial charge in [-0.1, -0.05) is 0 Å². The van der Waals surface area contributed by atoms with E-state index in [2.05, 4.69) is 4.99 Å². The SMILES string of the molecule is CC(C)(C)OC(=O)N1CCN(C(N)=NCC2(C(N)=O)CCOCC2)CC1. The fraction of sp³-hybridized carbons (Fsp3) is 0.824. The second-order valence-corrected chi connectivity index (χ2v) is 7.89. The summed E-state index contributed by atoms with van der Waals surface area (Å²) in [6.45, 7) is 8.98. The number of nitrogens with zero attached hydrogens (tertiary/aromatic N) is 3. The quantitative estimate of drug-likeness (QED) is 0.538. The normalized spacial score (nSPS) is 21.4. The van der Waals surface area contributed by atoms with Crippen molar-refractivity contribution in [1.29, 1.82) is 0 Å². The highest BCUT2D eigenvalue weighted by molar-refractivity contribution is 5.83. The summed E-state index contributed by atoms with van der Waals surface area (Å²) in [6, 6.07) is 0. The molecule has 2 heterocycles. The number of piperazine rings is 1. The number of rotatable bonds is 3. The Hall–Kier alpha value is -2.03. The van der Waals surface area contributed by atoms with Crippen LogP contribution in [0.3, 0.4) is 0 Å². The van der Waals surface area contributed by atoms with Gasteiger partial charge in [-0.2, -0.15) is 0 Å². The minimum Gasteiger partial charge on any atom is -0.444 e. The molecule has 9 nitrogen and oxygen atoms in total. The summed E-state index contributed by atoms with van der Waals surface area (Å²) in [5.74, 6) is 0.0213. The van der Waals surface area contributed by atoms with E-state index in [-0.39, 0.29) is 18.5 Å². The Morgan fingerprint density at radius 3 is 2.12 bits per heavy atom. The van der Waals surface area contributed by atoms with Gasteiger partial charge in [-0.25, -0.2) is 4.79 Å². The first-order valence-corrected chi connectivity index (χ1v) is 9.03. The molecule has 9 heteroatoms. The van der Waals surface area contributed by atoms with Gasteiger partial charge in [0.15, 0.2) is 5.96 Å². The Kier molecular flexibility index (Phi) is 6.33. The number of hydrogen-bond acceptors (Lipinski definition) is 5. The van der Waals surface area contributed by atoms with Crippen molar-refractivity contribution >= 4 is 18.0 Å². The van der Waals surface area contributed by atoms with Crippen LogP contribution in [0.25, 0.3) is 0 Å². The molecular formula is C17H31N5O4. The van der Waals surface area contributed by atoms with Crippen LogP contribution in [-0.4, -0.2) is 79.3 Å². The molecule has 0 bridgehead atoms. The third kappa shape index (κ3) is 5.23. The number of ether oxygens (including phenoxy) is 2.